The number of anilines is 2. The molecule has 1 heterocycles. The van der Waals surface area contributed by atoms with Crippen LogP contribution in [0.3, 0.4) is 0 Å². The number of benzene rings is 2. The fourth-order valence-electron chi connectivity index (χ4n) is 3.32. The minimum atomic E-state index is -0.903. The highest BCUT2D eigenvalue weighted by molar-refractivity contribution is 6.22. The Bertz CT molecular complexity index is 927. The first-order valence-corrected chi connectivity index (χ1v) is 9.53. The molecule has 4 amide bonds. The van der Waals surface area contributed by atoms with Crippen LogP contribution in [0.25, 0.3) is 0 Å². The Morgan fingerprint density at radius 2 is 1.83 bits per heavy atom. The van der Waals surface area contributed by atoms with Crippen LogP contribution in [0.1, 0.15) is 25.8 Å². The maximum absolute atomic E-state index is 13.3. The van der Waals surface area contributed by atoms with E-state index >= 15 is 0 Å². The van der Waals surface area contributed by atoms with Crippen molar-refractivity contribution in [3.63, 3.8) is 0 Å². The molecule has 2 aromatic rings. The molecule has 1 unspecified atom stereocenters. The average molecular weight is 397 g/mol. The van der Waals surface area contributed by atoms with E-state index in [1.54, 1.807) is 18.2 Å². The molecule has 2 aromatic carbocycles. The number of amides is 4. The summed E-state index contributed by atoms with van der Waals surface area (Å²) in [7, 11) is 0. The van der Waals surface area contributed by atoms with E-state index in [4.69, 9.17) is 0 Å². The van der Waals surface area contributed by atoms with Gasteiger partial charge in [0.15, 0.2) is 0 Å². The molecule has 1 saturated heterocycles. The zero-order chi connectivity index (χ0) is 21.1. The standard InChI is InChI=1S/C22H24FN3O3/c1-14(2)13-25-19(12-20(27)24-17-6-4-5-16(23)11-17)21(28)26(22(25)29)18-9-7-15(3)8-10-18/h4-11,14,19H,12-13H2,1-3H3,(H,24,27). The fraction of sp³-hybridized carbons (Fsp3) is 0.318. The molecule has 0 saturated carbocycles. The van der Waals surface area contributed by atoms with Gasteiger partial charge in [-0.05, 0) is 43.2 Å². The molecule has 1 atom stereocenters. The van der Waals surface area contributed by atoms with E-state index in [9.17, 15) is 18.8 Å². The Balaban J connectivity index is 1.82. The number of nitrogens with one attached hydrogen (secondary N) is 1. The van der Waals surface area contributed by atoms with Crippen LogP contribution < -0.4 is 10.2 Å². The van der Waals surface area contributed by atoms with E-state index in [1.807, 2.05) is 32.9 Å². The van der Waals surface area contributed by atoms with Crippen LogP contribution in [0.5, 0.6) is 0 Å². The topological polar surface area (TPSA) is 69.7 Å². The van der Waals surface area contributed by atoms with Crippen molar-refractivity contribution in [2.45, 2.75) is 33.2 Å². The molecule has 1 fully saturated rings. The first-order valence-electron chi connectivity index (χ1n) is 9.53. The van der Waals surface area contributed by atoms with E-state index in [0.29, 0.717) is 17.9 Å². The van der Waals surface area contributed by atoms with Crippen molar-refractivity contribution in [1.29, 1.82) is 0 Å². The molecule has 0 bridgehead atoms. The van der Waals surface area contributed by atoms with Crippen molar-refractivity contribution in [1.82, 2.24) is 4.90 Å². The monoisotopic (exact) mass is 397 g/mol. The van der Waals surface area contributed by atoms with Gasteiger partial charge in [-0.2, -0.15) is 0 Å². The molecule has 0 spiro atoms. The number of carbonyl (C=O) groups is 3. The van der Waals surface area contributed by atoms with Crippen LogP contribution in [-0.2, 0) is 9.59 Å². The molecular weight excluding hydrogens is 373 g/mol. The number of halogens is 1. The average Bonchev–Trinajstić information content (AvgIpc) is 2.86. The lowest BCUT2D eigenvalue weighted by atomic mass is 10.1. The van der Waals surface area contributed by atoms with E-state index in [2.05, 4.69) is 5.32 Å². The summed E-state index contributed by atoms with van der Waals surface area (Å²) >= 11 is 0. The molecule has 0 aliphatic carbocycles. The number of nitrogens with zero attached hydrogens (tertiary/aromatic N) is 2. The van der Waals surface area contributed by atoms with Gasteiger partial charge in [-0.1, -0.05) is 37.6 Å². The maximum atomic E-state index is 13.3. The van der Waals surface area contributed by atoms with Gasteiger partial charge in [0.05, 0.1) is 12.1 Å². The third kappa shape index (κ3) is 4.62. The number of carbonyl (C=O) groups excluding carboxylic acids is 3. The van der Waals surface area contributed by atoms with Crippen LogP contribution >= 0.6 is 0 Å². The summed E-state index contributed by atoms with van der Waals surface area (Å²) in [5, 5.41) is 2.59. The maximum Gasteiger partial charge on any atom is 0.332 e. The third-order valence-electron chi connectivity index (χ3n) is 4.66. The van der Waals surface area contributed by atoms with Crippen LogP contribution in [0.2, 0.25) is 0 Å². The van der Waals surface area contributed by atoms with E-state index in [1.165, 1.54) is 23.1 Å². The number of hydrogen-bond donors (Lipinski definition) is 1. The molecule has 152 valence electrons. The van der Waals surface area contributed by atoms with Gasteiger partial charge in [-0.25, -0.2) is 14.1 Å². The largest absolute Gasteiger partial charge is 0.332 e. The second-order valence-electron chi connectivity index (χ2n) is 7.62. The zero-order valence-corrected chi connectivity index (χ0v) is 16.7. The number of aryl methyl sites for hydroxylation is 1. The molecule has 1 N–H and O–H groups in total. The van der Waals surface area contributed by atoms with Crippen LogP contribution in [0.15, 0.2) is 48.5 Å². The Kier molecular flexibility index (Phi) is 5.96. The van der Waals surface area contributed by atoms with Crippen molar-refractivity contribution in [3.05, 3.63) is 59.9 Å². The normalized spacial score (nSPS) is 16.7. The molecule has 0 aromatic heterocycles. The van der Waals surface area contributed by atoms with Gasteiger partial charge in [0.25, 0.3) is 5.91 Å². The number of imide groups is 1. The summed E-state index contributed by atoms with van der Waals surface area (Å²) in [4.78, 5) is 41.1. The summed E-state index contributed by atoms with van der Waals surface area (Å²) < 4.78 is 13.3. The van der Waals surface area contributed by atoms with Crippen molar-refractivity contribution in [2.75, 3.05) is 16.8 Å². The smallest absolute Gasteiger partial charge is 0.326 e. The number of hydrogen-bond acceptors (Lipinski definition) is 3. The summed E-state index contributed by atoms with van der Waals surface area (Å²) in [6, 6.07) is 11.3. The Morgan fingerprint density at radius 3 is 2.45 bits per heavy atom. The lowest BCUT2D eigenvalue weighted by molar-refractivity contribution is -0.124. The van der Waals surface area contributed by atoms with Gasteiger partial charge in [0.1, 0.15) is 11.9 Å². The molecule has 29 heavy (non-hydrogen) atoms. The SMILES string of the molecule is Cc1ccc(N2C(=O)C(CC(=O)Nc3cccc(F)c3)N(CC(C)C)C2=O)cc1. The van der Waals surface area contributed by atoms with Gasteiger partial charge in [0.2, 0.25) is 5.91 Å². The van der Waals surface area contributed by atoms with Gasteiger partial charge in [-0.3, -0.25) is 9.59 Å². The predicted molar refractivity (Wildman–Crippen MR) is 109 cm³/mol. The zero-order valence-electron chi connectivity index (χ0n) is 16.7. The molecule has 3 rings (SSSR count). The van der Waals surface area contributed by atoms with Gasteiger partial charge in [0, 0.05) is 12.2 Å². The number of urea groups is 1. The van der Waals surface area contributed by atoms with Gasteiger partial charge in [-0.15, -0.1) is 0 Å². The second-order valence-corrected chi connectivity index (χ2v) is 7.62. The van der Waals surface area contributed by atoms with E-state index in [-0.39, 0.29) is 12.3 Å². The first kappa shape index (κ1) is 20.5. The first-order chi connectivity index (χ1) is 13.8. The molecule has 1 aliphatic heterocycles. The Hall–Kier alpha value is -3.22. The Morgan fingerprint density at radius 1 is 1.14 bits per heavy atom. The van der Waals surface area contributed by atoms with Gasteiger partial charge < -0.3 is 10.2 Å². The van der Waals surface area contributed by atoms with Gasteiger partial charge >= 0.3 is 6.03 Å². The summed E-state index contributed by atoms with van der Waals surface area (Å²) in [6.07, 6.45) is -0.198. The van der Waals surface area contributed by atoms with Crippen molar-refractivity contribution >= 4 is 29.2 Å². The highest BCUT2D eigenvalue weighted by Gasteiger charge is 2.46. The second kappa shape index (κ2) is 8.43. The third-order valence-corrected chi connectivity index (χ3v) is 4.66. The highest BCUT2D eigenvalue weighted by Crippen LogP contribution is 2.28. The van der Waals surface area contributed by atoms with Crippen molar-refractivity contribution < 1.29 is 18.8 Å². The summed E-state index contributed by atoms with van der Waals surface area (Å²) in [5.41, 5.74) is 1.79. The van der Waals surface area contributed by atoms with Crippen LogP contribution in [0, 0.1) is 18.7 Å². The molecule has 7 heteroatoms. The molecule has 0 radical (unpaired) electrons. The fourth-order valence-corrected chi connectivity index (χ4v) is 3.32. The lowest BCUT2D eigenvalue weighted by Crippen LogP contribution is -2.40. The predicted octanol–water partition coefficient (Wildman–Crippen LogP) is 3.96. The lowest BCUT2D eigenvalue weighted by Gasteiger charge is -2.23. The summed E-state index contributed by atoms with van der Waals surface area (Å²) in [5.74, 6) is -1.24. The Labute approximate surface area is 169 Å². The molecular formula is C22H24FN3O3. The van der Waals surface area contributed by atoms with E-state index in [0.717, 1.165) is 10.5 Å². The van der Waals surface area contributed by atoms with E-state index < -0.39 is 29.7 Å². The van der Waals surface area contributed by atoms with Crippen LogP contribution in [-0.4, -0.2) is 35.3 Å². The highest BCUT2D eigenvalue weighted by atomic mass is 19.1. The quantitative estimate of drug-likeness (QED) is 0.750. The number of rotatable bonds is 6. The minimum Gasteiger partial charge on any atom is -0.326 e. The molecule has 1 aliphatic rings. The summed E-state index contributed by atoms with van der Waals surface area (Å²) in [6.45, 7) is 6.15. The van der Waals surface area contributed by atoms with Crippen LogP contribution in [0.4, 0.5) is 20.6 Å². The van der Waals surface area contributed by atoms with Crippen molar-refractivity contribution in [2.24, 2.45) is 5.92 Å². The van der Waals surface area contributed by atoms with Crippen molar-refractivity contribution in [3.8, 4) is 0 Å². The molecule has 6 nitrogen and oxygen atoms in total. The minimum absolute atomic E-state index is 0.124.